The Morgan fingerprint density at radius 2 is 1.71 bits per heavy atom. The maximum absolute atomic E-state index is 13.1. The van der Waals surface area contributed by atoms with Crippen LogP contribution in [0.25, 0.3) is 5.76 Å². The number of aliphatic hydroxyl groups is 1. The maximum Gasteiger partial charge on any atom is 0.295 e. The molecule has 162 valence electrons. The van der Waals surface area contributed by atoms with Gasteiger partial charge in [0.05, 0.1) is 23.7 Å². The third-order valence-electron chi connectivity index (χ3n) is 6.06. The molecule has 2 aliphatic rings. The summed E-state index contributed by atoms with van der Waals surface area (Å²) < 4.78 is 5.17. The minimum atomic E-state index is -0.685. The van der Waals surface area contributed by atoms with E-state index >= 15 is 0 Å². The first-order valence-electron chi connectivity index (χ1n) is 10.3. The number of aliphatic hydroxyl groups excluding tert-OH is 1. The van der Waals surface area contributed by atoms with Gasteiger partial charge in [-0.2, -0.15) is 0 Å². The summed E-state index contributed by atoms with van der Waals surface area (Å²) in [5.41, 5.74) is 1.15. The average molecular weight is 460 g/mol. The topological polar surface area (TPSA) is 66.8 Å². The zero-order valence-corrected chi connectivity index (χ0v) is 18.6. The Morgan fingerprint density at radius 3 is 2.32 bits per heavy atom. The summed E-state index contributed by atoms with van der Waals surface area (Å²) in [4.78, 5) is 27.9. The summed E-state index contributed by atoms with van der Waals surface area (Å²) in [7, 11) is 1.50. The molecule has 1 heterocycles. The van der Waals surface area contributed by atoms with E-state index in [1.165, 1.54) is 13.2 Å². The number of Topliss-reactive ketones (excluding diaryl/α,β-unsaturated/α-hetero) is 1. The molecule has 1 saturated carbocycles. The minimum Gasteiger partial charge on any atom is -0.507 e. The lowest BCUT2D eigenvalue weighted by Gasteiger charge is -2.35. The van der Waals surface area contributed by atoms with E-state index in [0.717, 1.165) is 37.7 Å². The smallest absolute Gasteiger partial charge is 0.295 e. The molecule has 0 aromatic heterocycles. The molecule has 1 atom stereocenters. The molecular weight excluding hydrogens is 437 g/mol. The first kappa shape index (κ1) is 21.7. The minimum absolute atomic E-state index is 0.0457. The molecule has 1 N–H and O–H groups in total. The van der Waals surface area contributed by atoms with Gasteiger partial charge in [-0.05, 0) is 48.7 Å². The largest absolute Gasteiger partial charge is 0.507 e. The van der Waals surface area contributed by atoms with Crippen molar-refractivity contribution in [1.82, 2.24) is 4.90 Å². The molecule has 5 nitrogen and oxygen atoms in total. The second-order valence-electron chi connectivity index (χ2n) is 7.90. The molecule has 31 heavy (non-hydrogen) atoms. The summed E-state index contributed by atoms with van der Waals surface area (Å²) in [6.07, 6.45) is 4.82. The number of likely N-dealkylation sites (tertiary alicyclic amines) is 1. The van der Waals surface area contributed by atoms with E-state index in [9.17, 15) is 14.7 Å². The fourth-order valence-electron chi connectivity index (χ4n) is 4.53. The van der Waals surface area contributed by atoms with E-state index in [0.29, 0.717) is 21.4 Å². The van der Waals surface area contributed by atoms with Crippen LogP contribution in [0.3, 0.4) is 0 Å². The number of amides is 1. The van der Waals surface area contributed by atoms with E-state index in [2.05, 4.69) is 0 Å². The van der Waals surface area contributed by atoms with Crippen LogP contribution in [-0.4, -0.2) is 34.8 Å². The van der Waals surface area contributed by atoms with Gasteiger partial charge < -0.3 is 14.7 Å². The van der Waals surface area contributed by atoms with Crippen molar-refractivity contribution in [2.24, 2.45) is 0 Å². The lowest BCUT2D eigenvalue weighted by Crippen LogP contribution is -2.40. The Bertz CT molecular complexity index is 1040. The highest BCUT2D eigenvalue weighted by atomic mass is 35.5. The van der Waals surface area contributed by atoms with Crippen LogP contribution in [0.4, 0.5) is 0 Å². The normalized spacial score (nSPS) is 21.5. The third kappa shape index (κ3) is 4.04. The Hall–Kier alpha value is -2.50. The Labute approximate surface area is 191 Å². The molecule has 4 rings (SSSR count). The van der Waals surface area contributed by atoms with Crippen LogP contribution in [0.15, 0.2) is 48.0 Å². The number of benzene rings is 2. The predicted molar refractivity (Wildman–Crippen MR) is 120 cm³/mol. The van der Waals surface area contributed by atoms with Gasteiger partial charge in [-0.3, -0.25) is 9.59 Å². The molecule has 1 aliphatic heterocycles. The van der Waals surface area contributed by atoms with Crippen molar-refractivity contribution in [3.05, 3.63) is 69.2 Å². The van der Waals surface area contributed by atoms with Gasteiger partial charge in [-0.15, -0.1) is 0 Å². The molecule has 2 aromatic carbocycles. The molecule has 2 aromatic rings. The lowest BCUT2D eigenvalue weighted by atomic mass is 9.91. The lowest BCUT2D eigenvalue weighted by molar-refractivity contribution is -0.141. The third-order valence-corrected chi connectivity index (χ3v) is 6.61. The number of nitrogens with zero attached hydrogens (tertiary/aromatic N) is 1. The average Bonchev–Trinajstić information content (AvgIpc) is 3.05. The second kappa shape index (κ2) is 8.93. The SMILES string of the molecule is COc1ccc(/C(O)=C2/C(=O)C(=O)N(C3CCCCC3)C2c2ccc(Cl)cc2)cc1Cl. The van der Waals surface area contributed by atoms with Gasteiger partial charge in [-0.1, -0.05) is 54.6 Å². The van der Waals surface area contributed by atoms with E-state index in [4.69, 9.17) is 27.9 Å². The number of rotatable bonds is 4. The number of hydrogen-bond donors (Lipinski definition) is 1. The van der Waals surface area contributed by atoms with E-state index in [1.54, 1.807) is 41.3 Å². The van der Waals surface area contributed by atoms with Crippen molar-refractivity contribution in [3.8, 4) is 5.75 Å². The molecular formula is C24H23Cl2NO4. The van der Waals surface area contributed by atoms with Crippen LogP contribution >= 0.6 is 23.2 Å². The molecule has 0 bridgehead atoms. The Balaban J connectivity index is 1.86. The molecule has 0 radical (unpaired) electrons. The molecule has 2 fully saturated rings. The van der Waals surface area contributed by atoms with Crippen molar-refractivity contribution >= 4 is 40.7 Å². The highest BCUT2D eigenvalue weighted by molar-refractivity contribution is 6.46. The van der Waals surface area contributed by atoms with Crippen molar-refractivity contribution in [2.45, 2.75) is 44.2 Å². The quantitative estimate of drug-likeness (QED) is 0.358. The monoisotopic (exact) mass is 459 g/mol. The van der Waals surface area contributed by atoms with Crippen molar-refractivity contribution in [2.75, 3.05) is 7.11 Å². The Morgan fingerprint density at radius 1 is 1.03 bits per heavy atom. The number of hydrogen-bond acceptors (Lipinski definition) is 4. The van der Waals surface area contributed by atoms with Gasteiger partial charge in [0.2, 0.25) is 0 Å². The number of halogens is 2. The van der Waals surface area contributed by atoms with Crippen LogP contribution in [0, 0.1) is 0 Å². The summed E-state index contributed by atoms with van der Waals surface area (Å²) >= 11 is 12.3. The summed E-state index contributed by atoms with van der Waals surface area (Å²) in [5, 5.41) is 12.0. The van der Waals surface area contributed by atoms with Crippen LogP contribution in [-0.2, 0) is 9.59 Å². The van der Waals surface area contributed by atoms with Crippen molar-refractivity contribution < 1.29 is 19.4 Å². The van der Waals surface area contributed by atoms with Gasteiger partial charge in [0.1, 0.15) is 11.5 Å². The maximum atomic E-state index is 13.1. The standard InChI is InChI=1S/C24H23Cl2NO4/c1-31-19-12-9-15(13-18(19)26)22(28)20-21(14-7-10-16(25)11-8-14)27(24(30)23(20)29)17-5-3-2-4-6-17/h7-13,17,21,28H,2-6H2,1H3/b22-20-. The molecule has 0 spiro atoms. The number of ether oxygens (including phenoxy) is 1. The van der Waals surface area contributed by atoms with Crippen molar-refractivity contribution in [1.29, 1.82) is 0 Å². The highest BCUT2D eigenvalue weighted by Gasteiger charge is 2.48. The molecule has 1 aliphatic carbocycles. The summed E-state index contributed by atoms with van der Waals surface area (Å²) in [6.45, 7) is 0. The van der Waals surface area contributed by atoms with Gasteiger partial charge in [0, 0.05) is 16.6 Å². The van der Waals surface area contributed by atoms with E-state index in [1.807, 2.05) is 0 Å². The van der Waals surface area contributed by atoms with Crippen LogP contribution in [0.1, 0.15) is 49.3 Å². The van der Waals surface area contributed by atoms with Crippen molar-refractivity contribution in [3.63, 3.8) is 0 Å². The zero-order chi connectivity index (χ0) is 22.1. The first-order valence-corrected chi connectivity index (χ1v) is 11.1. The van der Waals surface area contributed by atoms with Gasteiger partial charge in [0.25, 0.3) is 11.7 Å². The van der Waals surface area contributed by atoms with Crippen LogP contribution in [0.2, 0.25) is 10.0 Å². The molecule has 7 heteroatoms. The number of carbonyl (C=O) groups excluding carboxylic acids is 2. The second-order valence-corrected chi connectivity index (χ2v) is 8.74. The van der Waals surface area contributed by atoms with Crippen LogP contribution in [0.5, 0.6) is 5.75 Å². The van der Waals surface area contributed by atoms with Gasteiger partial charge in [0.15, 0.2) is 0 Å². The highest BCUT2D eigenvalue weighted by Crippen LogP contribution is 2.43. The molecule has 1 saturated heterocycles. The zero-order valence-electron chi connectivity index (χ0n) is 17.1. The number of ketones is 1. The number of methoxy groups -OCH3 is 1. The molecule has 1 amide bonds. The van der Waals surface area contributed by atoms with E-state index < -0.39 is 17.7 Å². The molecule has 1 unspecified atom stereocenters. The van der Waals surface area contributed by atoms with E-state index in [-0.39, 0.29) is 17.4 Å². The Kier molecular flexibility index (Phi) is 6.26. The predicted octanol–water partition coefficient (Wildman–Crippen LogP) is 5.76. The van der Waals surface area contributed by atoms with Crippen LogP contribution < -0.4 is 4.74 Å². The summed E-state index contributed by atoms with van der Waals surface area (Å²) in [6, 6.07) is 11.1. The van der Waals surface area contributed by atoms with Gasteiger partial charge in [-0.25, -0.2) is 0 Å². The number of carbonyl (C=O) groups is 2. The fourth-order valence-corrected chi connectivity index (χ4v) is 4.91. The van der Waals surface area contributed by atoms with Gasteiger partial charge >= 0.3 is 0 Å². The fraction of sp³-hybridized carbons (Fsp3) is 0.333. The first-order chi connectivity index (χ1) is 14.9. The summed E-state index contributed by atoms with van der Waals surface area (Å²) in [5.74, 6) is -1.06.